The zero-order chi connectivity index (χ0) is 42.6. The number of anilines is 1. The summed E-state index contributed by atoms with van der Waals surface area (Å²) in [5.41, 5.74) is 6.47. The van der Waals surface area contributed by atoms with E-state index in [4.69, 9.17) is 24.9 Å². The van der Waals surface area contributed by atoms with Crippen LogP contribution in [0.1, 0.15) is 49.6 Å². The van der Waals surface area contributed by atoms with Crippen LogP contribution in [-0.4, -0.2) is 87.9 Å². The van der Waals surface area contributed by atoms with Crippen molar-refractivity contribution in [2.45, 2.75) is 44.2 Å². The number of fused-ring (bicyclic) bond motifs is 1. The molecule has 15 nitrogen and oxygen atoms in total. The number of hydroxylamine groups is 2. The molecule has 3 amide bonds. The molecule has 0 spiro atoms. The molecule has 0 saturated carbocycles. The number of thioether (sulfide) groups is 1. The molecule has 3 aliphatic heterocycles. The van der Waals surface area contributed by atoms with Gasteiger partial charge in [-0.25, -0.2) is 14.8 Å². The molecule has 0 bridgehead atoms. The SMILES string of the molecule is CON1CC/C(=C\C2=C(C(=O)OCOC(=O)C(C)(C)C)N3C(=O)[C@@H](NC(=O)/C(=N\OC(c4ccccc4)(c4ccccc4)c4ccccc4)c4csc(N)n4)[C@H]3SC2)C1=O. The fraction of sp³-hybridized carbons (Fsp3) is 0.279. The molecule has 3 aromatic carbocycles. The number of allylic oxidation sites excluding steroid dienone is 1. The maximum atomic E-state index is 14.4. The van der Waals surface area contributed by atoms with Gasteiger partial charge < -0.3 is 25.4 Å². The van der Waals surface area contributed by atoms with Gasteiger partial charge in [0.1, 0.15) is 22.8 Å². The Kier molecular flexibility index (Phi) is 12.2. The third-order valence-corrected chi connectivity index (χ3v) is 11.9. The summed E-state index contributed by atoms with van der Waals surface area (Å²) in [5.74, 6) is -3.17. The first-order chi connectivity index (χ1) is 28.8. The minimum Gasteiger partial charge on any atom is -0.427 e. The highest BCUT2D eigenvalue weighted by Gasteiger charge is 2.55. The van der Waals surface area contributed by atoms with Crippen molar-refractivity contribution < 1.29 is 43.1 Å². The molecule has 2 atom stereocenters. The molecular weight excluding hydrogens is 809 g/mol. The van der Waals surface area contributed by atoms with Crippen LogP contribution >= 0.6 is 23.1 Å². The summed E-state index contributed by atoms with van der Waals surface area (Å²) < 4.78 is 10.5. The average Bonchev–Trinajstić information content (AvgIpc) is 3.85. The van der Waals surface area contributed by atoms with Gasteiger partial charge >= 0.3 is 11.9 Å². The second-order valence-corrected chi connectivity index (χ2v) is 16.9. The van der Waals surface area contributed by atoms with Crippen molar-refractivity contribution in [1.29, 1.82) is 0 Å². The van der Waals surface area contributed by atoms with Crippen molar-refractivity contribution in [2.75, 3.05) is 31.9 Å². The number of nitrogens with one attached hydrogen (secondary N) is 1. The number of esters is 2. The lowest BCUT2D eigenvalue weighted by Crippen LogP contribution is -2.71. The third-order valence-electron chi connectivity index (χ3n) is 9.92. The Morgan fingerprint density at radius 1 is 0.933 bits per heavy atom. The molecule has 1 aromatic heterocycles. The van der Waals surface area contributed by atoms with E-state index in [9.17, 15) is 24.0 Å². The molecule has 4 aromatic rings. The fourth-order valence-corrected chi connectivity index (χ4v) is 8.73. The summed E-state index contributed by atoms with van der Waals surface area (Å²) in [6.07, 6.45) is 1.89. The largest absolute Gasteiger partial charge is 0.427 e. The number of β-lactam (4-membered cyclic amide) rings is 1. The highest BCUT2D eigenvalue weighted by Crippen LogP contribution is 2.43. The van der Waals surface area contributed by atoms with Crippen LogP contribution in [0.25, 0.3) is 0 Å². The molecule has 17 heteroatoms. The molecule has 0 radical (unpaired) electrons. The zero-order valence-corrected chi connectivity index (χ0v) is 34.8. The number of carbonyl (C=O) groups excluding carboxylic acids is 5. The predicted molar refractivity (Wildman–Crippen MR) is 223 cm³/mol. The summed E-state index contributed by atoms with van der Waals surface area (Å²) in [7, 11) is 1.38. The number of nitrogens with zero attached hydrogens (tertiary/aromatic N) is 4. The Balaban J connectivity index is 1.21. The summed E-state index contributed by atoms with van der Waals surface area (Å²) >= 11 is 2.37. The minimum absolute atomic E-state index is 0.118. The maximum Gasteiger partial charge on any atom is 0.358 e. The van der Waals surface area contributed by atoms with Crippen molar-refractivity contribution in [1.82, 2.24) is 20.3 Å². The number of aromatic nitrogens is 1. The summed E-state index contributed by atoms with van der Waals surface area (Å²) in [6.45, 7) is 4.57. The highest BCUT2D eigenvalue weighted by molar-refractivity contribution is 8.00. The van der Waals surface area contributed by atoms with Gasteiger partial charge in [-0.05, 0) is 38.8 Å². The molecule has 310 valence electrons. The van der Waals surface area contributed by atoms with Crippen molar-refractivity contribution in [2.24, 2.45) is 10.6 Å². The second-order valence-electron chi connectivity index (χ2n) is 14.9. The van der Waals surface area contributed by atoms with Gasteiger partial charge in [0.25, 0.3) is 17.7 Å². The monoisotopic (exact) mass is 850 g/mol. The first kappa shape index (κ1) is 41.8. The maximum absolute atomic E-state index is 14.4. The molecule has 3 aliphatic rings. The van der Waals surface area contributed by atoms with Gasteiger partial charge in [0, 0.05) is 33.4 Å². The summed E-state index contributed by atoms with van der Waals surface area (Å²) in [4.78, 5) is 84.9. The van der Waals surface area contributed by atoms with Crippen LogP contribution in [-0.2, 0) is 48.7 Å². The molecular formula is C43H42N6O9S2. The molecule has 7 rings (SSSR count). The van der Waals surface area contributed by atoms with Crippen LogP contribution in [0.5, 0.6) is 0 Å². The van der Waals surface area contributed by atoms with E-state index >= 15 is 0 Å². The van der Waals surface area contributed by atoms with Crippen molar-refractivity contribution in [3.63, 3.8) is 0 Å². The van der Waals surface area contributed by atoms with Gasteiger partial charge in [-0.2, -0.15) is 0 Å². The Labute approximate surface area is 354 Å². The molecule has 0 unspecified atom stereocenters. The molecule has 4 heterocycles. The van der Waals surface area contributed by atoms with Crippen LogP contribution in [0.2, 0.25) is 0 Å². The second kappa shape index (κ2) is 17.5. The number of benzene rings is 3. The lowest BCUT2D eigenvalue weighted by atomic mass is 9.80. The van der Waals surface area contributed by atoms with Gasteiger partial charge in [-0.15, -0.1) is 23.1 Å². The van der Waals surface area contributed by atoms with E-state index < -0.39 is 53.0 Å². The predicted octanol–water partition coefficient (Wildman–Crippen LogP) is 4.90. The van der Waals surface area contributed by atoms with Gasteiger partial charge in [0.2, 0.25) is 12.4 Å². The lowest BCUT2D eigenvalue weighted by molar-refractivity contribution is -0.173. The van der Waals surface area contributed by atoms with E-state index in [1.54, 1.807) is 32.2 Å². The number of nitrogens with two attached hydrogens (primary N) is 1. The number of ether oxygens (including phenoxy) is 2. The topological polar surface area (TPSA) is 192 Å². The molecule has 0 aliphatic carbocycles. The highest BCUT2D eigenvalue weighted by atomic mass is 32.2. The number of hydrogen-bond donors (Lipinski definition) is 2. The number of nitrogen functional groups attached to an aromatic ring is 1. The zero-order valence-electron chi connectivity index (χ0n) is 33.2. The number of hydrogen-bond acceptors (Lipinski definition) is 14. The first-order valence-electron chi connectivity index (χ1n) is 18.9. The molecule has 2 fully saturated rings. The Morgan fingerprint density at radius 3 is 2.05 bits per heavy atom. The normalized spacial score (nSPS) is 18.9. The average molecular weight is 851 g/mol. The smallest absolute Gasteiger partial charge is 0.358 e. The van der Waals surface area contributed by atoms with E-state index in [-0.39, 0.29) is 33.9 Å². The Hall–Kier alpha value is -6.30. The van der Waals surface area contributed by atoms with E-state index in [2.05, 4.69) is 15.5 Å². The number of carbonyl (C=O) groups is 5. The van der Waals surface area contributed by atoms with Crippen LogP contribution in [0.3, 0.4) is 0 Å². The van der Waals surface area contributed by atoms with Gasteiger partial charge in [-0.3, -0.25) is 28.9 Å². The Morgan fingerprint density at radius 2 is 1.53 bits per heavy atom. The third kappa shape index (κ3) is 8.28. The van der Waals surface area contributed by atoms with Crippen molar-refractivity contribution in [3.05, 3.63) is 142 Å². The number of amides is 3. The van der Waals surface area contributed by atoms with Gasteiger partial charge in [0.15, 0.2) is 10.8 Å². The van der Waals surface area contributed by atoms with Crippen LogP contribution in [0.4, 0.5) is 5.13 Å². The van der Waals surface area contributed by atoms with E-state index in [0.29, 0.717) is 24.1 Å². The number of rotatable bonds is 13. The van der Waals surface area contributed by atoms with Gasteiger partial charge in [0.05, 0.1) is 19.1 Å². The van der Waals surface area contributed by atoms with E-state index in [1.165, 1.54) is 28.8 Å². The van der Waals surface area contributed by atoms with Crippen molar-refractivity contribution >= 4 is 63.6 Å². The molecule has 2 saturated heterocycles. The van der Waals surface area contributed by atoms with Crippen LogP contribution in [0.15, 0.2) is 124 Å². The Bertz CT molecular complexity index is 2280. The lowest BCUT2D eigenvalue weighted by Gasteiger charge is -2.49. The number of oxime groups is 1. The standard InChI is InChI=1S/C43H42N6O9S2/c1-42(2,3)40(54)57-25-56-39(53)34-27(22-26-20-21-48(55-4)36(26)51)23-59-38-33(37(52)49(34)38)46-35(50)32(31-24-60-41(44)45-31)47-58-43(28-14-8-5-9-15-28,29-16-10-6-11-17-29)30-18-12-7-13-19-30/h5-19,22,24,33,38H,20-21,23,25H2,1-4H3,(H2,44,45)(H,46,50)/b26-22+,47-32-/t33-,38-/m1/s1. The van der Waals surface area contributed by atoms with Crippen LogP contribution < -0.4 is 11.1 Å². The number of thiazole rings is 1. The summed E-state index contributed by atoms with van der Waals surface area (Å²) in [5, 5.41) is 9.50. The molecule has 3 N–H and O–H groups in total. The first-order valence-corrected chi connectivity index (χ1v) is 20.8. The quantitative estimate of drug-likeness (QED) is 0.0352. The van der Waals surface area contributed by atoms with E-state index in [0.717, 1.165) is 28.0 Å². The fourth-order valence-electron chi connectivity index (χ4n) is 6.87. The van der Waals surface area contributed by atoms with Crippen LogP contribution in [0, 0.1) is 5.41 Å². The minimum atomic E-state index is -1.34. The van der Waals surface area contributed by atoms with Crippen molar-refractivity contribution in [3.8, 4) is 0 Å². The van der Waals surface area contributed by atoms with Gasteiger partial charge in [-0.1, -0.05) is 96.2 Å². The van der Waals surface area contributed by atoms with E-state index in [1.807, 2.05) is 91.0 Å². The molecule has 60 heavy (non-hydrogen) atoms. The summed E-state index contributed by atoms with van der Waals surface area (Å²) in [6, 6.07) is 27.3.